The first-order valence-corrected chi connectivity index (χ1v) is 12.0. The van der Waals surface area contributed by atoms with Gasteiger partial charge < -0.3 is 24.2 Å². The molecule has 36 heavy (non-hydrogen) atoms. The number of nitrogens with one attached hydrogen (secondary N) is 2. The van der Waals surface area contributed by atoms with Crippen LogP contribution >= 0.6 is 0 Å². The molecule has 0 aliphatic heterocycles. The fourth-order valence-corrected chi connectivity index (χ4v) is 4.37. The number of aromatic nitrogens is 1. The average Bonchev–Trinajstić information content (AvgIpc) is 3.26. The van der Waals surface area contributed by atoms with E-state index in [1.165, 1.54) is 0 Å². The summed E-state index contributed by atoms with van der Waals surface area (Å²) in [5, 5.41) is 4.89. The van der Waals surface area contributed by atoms with Gasteiger partial charge in [-0.05, 0) is 80.6 Å². The molecule has 0 aliphatic rings. The van der Waals surface area contributed by atoms with Gasteiger partial charge in [-0.15, -0.1) is 0 Å². The number of aryl methyl sites for hydroxylation is 2. The van der Waals surface area contributed by atoms with Crippen LogP contribution in [0.2, 0.25) is 0 Å². The topological polar surface area (TPSA) is 93.6 Å². The van der Waals surface area contributed by atoms with Crippen LogP contribution in [0.15, 0.2) is 57.9 Å². The highest BCUT2D eigenvalue weighted by atomic mass is 16.5. The number of H-pyrrole nitrogens is 1. The lowest BCUT2D eigenvalue weighted by atomic mass is 10.00. The number of hydrogen-bond acceptors (Lipinski definition) is 5. The van der Waals surface area contributed by atoms with E-state index in [0.717, 1.165) is 44.3 Å². The Morgan fingerprint density at radius 3 is 2.67 bits per heavy atom. The molecule has 0 bridgehead atoms. The Morgan fingerprint density at radius 2 is 1.92 bits per heavy atom. The number of carbonyl (C=O) groups is 1. The lowest BCUT2D eigenvalue weighted by Gasteiger charge is -2.13. The quantitative estimate of drug-likeness (QED) is 0.238. The lowest BCUT2D eigenvalue weighted by Crippen LogP contribution is -2.26. The van der Waals surface area contributed by atoms with Gasteiger partial charge in [-0.25, -0.2) is 4.79 Å². The van der Waals surface area contributed by atoms with Crippen molar-refractivity contribution in [2.45, 2.75) is 40.0 Å². The van der Waals surface area contributed by atoms with E-state index in [2.05, 4.69) is 16.9 Å². The molecule has 4 rings (SSSR count). The minimum absolute atomic E-state index is 0.106. The molecule has 0 radical (unpaired) electrons. The molecule has 0 unspecified atom stereocenters. The third kappa shape index (κ3) is 5.30. The highest BCUT2D eigenvalue weighted by molar-refractivity contribution is 5.86. The van der Waals surface area contributed by atoms with Crippen LogP contribution in [0.25, 0.3) is 21.9 Å². The molecule has 0 saturated carbocycles. The zero-order chi connectivity index (χ0) is 25.8. The van der Waals surface area contributed by atoms with Crippen molar-refractivity contribution in [1.29, 1.82) is 0 Å². The molecule has 0 saturated heterocycles. The first-order chi connectivity index (χ1) is 17.3. The summed E-state index contributed by atoms with van der Waals surface area (Å²) in [6, 6.07) is 9.65. The zero-order valence-corrected chi connectivity index (χ0v) is 21.2. The van der Waals surface area contributed by atoms with Crippen molar-refractivity contribution >= 4 is 27.8 Å². The van der Waals surface area contributed by atoms with Crippen LogP contribution in [0, 0.1) is 13.8 Å². The maximum Gasteiger partial charge on any atom is 0.339 e. The van der Waals surface area contributed by atoms with Gasteiger partial charge in [0.05, 0.1) is 7.11 Å². The van der Waals surface area contributed by atoms with E-state index in [4.69, 9.17) is 13.9 Å². The maximum atomic E-state index is 12.8. The minimum Gasteiger partial charge on any atom is -0.497 e. The average molecular weight is 489 g/mol. The SMILES string of the molecule is C=C(C)COc1ccc2c(C)c(CCC(=O)NCCc3c[nH]c4ccc(OC)cc34)c(=O)oc2c1C. The molecule has 188 valence electrons. The second-order valence-corrected chi connectivity index (χ2v) is 9.13. The fourth-order valence-electron chi connectivity index (χ4n) is 4.37. The van der Waals surface area contributed by atoms with Crippen LogP contribution in [0.3, 0.4) is 0 Å². The summed E-state index contributed by atoms with van der Waals surface area (Å²) in [6.45, 7) is 10.4. The molecular formula is C29H32N2O5. The van der Waals surface area contributed by atoms with Crippen molar-refractivity contribution in [3.8, 4) is 11.5 Å². The van der Waals surface area contributed by atoms with E-state index in [1.807, 2.05) is 57.3 Å². The standard InChI is InChI=1S/C29H32N2O5/c1-17(2)16-35-26-10-7-22-18(3)23(29(33)36-28(22)19(26)4)8-11-27(32)30-13-12-20-15-31-25-9-6-21(34-5)14-24(20)25/h6-7,9-10,14-15,31H,1,8,11-13,16H2,2-5H3,(H,30,32). The van der Waals surface area contributed by atoms with Crippen molar-refractivity contribution < 1.29 is 18.7 Å². The number of hydrogen-bond donors (Lipinski definition) is 2. The number of methoxy groups -OCH3 is 1. The van der Waals surface area contributed by atoms with Gasteiger partial charge in [0.1, 0.15) is 23.7 Å². The van der Waals surface area contributed by atoms with E-state index < -0.39 is 5.63 Å². The van der Waals surface area contributed by atoms with Gasteiger partial charge in [0, 0.05) is 46.6 Å². The normalized spacial score (nSPS) is 11.1. The third-order valence-corrected chi connectivity index (χ3v) is 6.42. The molecule has 7 heteroatoms. The predicted molar refractivity (Wildman–Crippen MR) is 142 cm³/mol. The Balaban J connectivity index is 1.39. The van der Waals surface area contributed by atoms with E-state index in [0.29, 0.717) is 42.9 Å². The number of ether oxygens (including phenoxy) is 2. The highest BCUT2D eigenvalue weighted by Crippen LogP contribution is 2.30. The molecule has 2 N–H and O–H groups in total. The van der Waals surface area contributed by atoms with E-state index >= 15 is 0 Å². The van der Waals surface area contributed by atoms with Gasteiger partial charge in [0.25, 0.3) is 0 Å². The smallest absolute Gasteiger partial charge is 0.339 e. The first-order valence-electron chi connectivity index (χ1n) is 12.0. The van der Waals surface area contributed by atoms with E-state index in [-0.39, 0.29) is 12.3 Å². The Hall–Kier alpha value is -4.00. The number of benzene rings is 2. The summed E-state index contributed by atoms with van der Waals surface area (Å²) in [6.07, 6.45) is 3.16. The van der Waals surface area contributed by atoms with Gasteiger partial charge in [-0.2, -0.15) is 0 Å². The first kappa shape index (κ1) is 25.1. The van der Waals surface area contributed by atoms with Crippen LogP contribution in [0.1, 0.15) is 35.6 Å². The summed E-state index contributed by atoms with van der Waals surface area (Å²) in [5.74, 6) is 1.35. The van der Waals surface area contributed by atoms with Crippen LogP contribution in [-0.2, 0) is 17.6 Å². The number of fused-ring (bicyclic) bond motifs is 2. The molecule has 2 aromatic carbocycles. The molecule has 0 atom stereocenters. The molecule has 4 aromatic rings. The Kier molecular flexibility index (Phi) is 7.48. The van der Waals surface area contributed by atoms with Gasteiger partial charge in [-0.1, -0.05) is 6.58 Å². The fraction of sp³-hybridized carbons (Fsp3) is 0.310. The van der Waals surface area contributed by atoms with E-state index in [9.17, 15) is 9.59 Å². The molecule has 7 nitrogen and oxygen atoms in total. The molecule has 0 aliphatic carbocycles. The second-order valence-electron chi connectivity index (χ2n) is 9.13. The zero-order valence-electron chi connectivity index (χ0n) is 21.2. The second kappa shape index (κ2) is 10.7. The maximum absolute atomic E-state index is 12.8. The van der Waals surface area contributed by atoms with Crippen LogP contribution < -0.4 is 20.4 Å². The monoisotopic (exact) mass is 488 g/mol. The summed E-state index contributed by atoms with van der Waals surface area (Å²) < 4.78 is 16.8. The summed E-state index contributed by atoms with van der Waals surface area (Å²) >= 11 is 0. The molecule has 2 aromatic heterocycles. The van der Waals surface area contributed by atoms with E-state index in [1.54, 1.807) is 7.11 Å². The third-order valence-electron chi connectivity index (χ3n) is 6.42. The molecule has 0 spiro atoms. The van der Waals surface area contributed by atoms with Crippen LogP contribution in [-0.4, -0.2) is 31.2 Å². The van der Waals surface area contributed by atoms with Gasteiger partial charge in [-0.3, -0.25) is 4.79 Å². The highest BCUT2D eigenvalue weighted by Gasteiger charge is 2.16. The van der Waals surface area contributed by atoms with Crippen LogP contribution in [0.5, 0.6) is 11.5 Å². The Bertz CT molecular complexity index is 1500. The summed E-state index contributed by atoms with van der Waals surface area (Å²) in [7, 11) is 1.64. The van der Waals surface area contributed by atoms with Crippen LogP contribution in [0.4, 0.5) is 0 Å². The van der Waals surface area contributed by atoms with Crippen molar-refractivity contribution in [1.82, 2.24) is 10.3 Å². The van der Waals surface area contributed by atoms with Gasteiger partial charge >= 0.3 is 5.63 Å². The molecule has 1 amide bonds. The minimum atomic E-state index is -0.416. The van der Waals surface area contributed by atoms with Crippen molar-refractivity contribution in [2.75, 3.05) is 20.3 Å². The number of amides is 1. The number of carbonyl (C=O) groups excluding carboxylic acids is 1. The van der Waals surface area contributed by atoms with Crippen molar-refractivity contribution in [3.63, 3.8) is 0 Å². The van der Waals surface area contributed by atoms with Crippen molar-refractivity contribution in [2.24, 2.45) is 0 Å². The predicted octanol–water partition coefficient (Wildman–Crippen LogP) is 5.15. The number of rotatable bonds is 10. The van der Waals surface area contributed by atoms with Gasteiger partial charge in [0.15, 0.2) is 0 Å². The largest absolute Gasteiger partial charge is 0.497 e. The Labute approximate surface area is 210 Å². The van der Waals surface area contributed by atoms with Crippen molar-refractivity contribution in [3.05, 3.63) is 81.4 Å². The molecule has 2 heterocycles. The molecule has 0 fully saturated rings. The summed E-state index contributed by atoms with van der Waals surface area (Å²) in [4.78, 5) is 28.5. The number of aromatic amines is 1. The van der Waals surface area contributed by atoms with Gasteiger partial charge in [0.2, 0.25) is 5.91 Å². The summed E-state index contributed by atoms with van der Waals surface area (Å²) in [5.41, 5.74) is 5.27. The molecular weight excluding hydrogens is 456 g/mol. The Morgan fingerprint density at radius 1 is 1.11 bits per heavy atom. The lowest BCUT2D eigenvalue weighted by molar-refractivity contribution is -0.121.